The minimum absolute atomic E-state index is 0.116. The van der Waals surface area contributed by atoms with Gasteiger partial charge >= 0.3 is 0 Å². The molecule has 0 saturated carbocycles. The molecule has 1 amide bonds. The summed E-state index contributed by atoms with van der Waals surface area (Å²) in [6, 6.07) is 15.6. The molecular weight excluding hydrogens is 370 g/mol. The zero-order chi connectivity index (χ0) is 19.8. The van der Waals surface area contributed by atoms with Crippen molar-refractivity contribution in [1.82, 2.24) is 9.88 Å². The third-order valence-corrected chi connectivity index (χ3v) is 5.26. The first-order valence-electron chi connectivity index (χ1n) is 9.66. The van der Waals surface area contributed by atoms with Gasteiger partial charge in [-0.3, -0.25) is 4.79 Å². The average Bonchev–Trinajstić information content (AvgIpc) is 3.40. The van der Waals surface area contributed by atoms with Crippen LogP contribution in [0.1, 0.15) is 16.4 Å². The van der Waals surface area contributed by atoms with Crippen molar-refractivity contribution in [1.29, 1.82) is 0 Å². The monoisotopic (exact) mass is 391 g/mol. The van der Waals surface area contributed by atoms with Crippen LogP contribution in [0.3, 0.4) is 0 Å². The van der Waals surface area contributed by atoms with Gasteiger partial charge in [-0.1, -0.05) is 30.3 Å². The van der Waals surface area contributed by atoms with Gasteiger partial charge in [-0.25, -0.2) is 4.98 Å². The molecule has 0 atom stereocenters. The quantitative estimate of drug-likeness (QED) is 0.682. The maximum absolute atomic E-state index is 13.1. The minimum atomic E-state index is -0.116. The molecule has 148 valence electrons. The second kappa shape index (κ2) is 7.16. The van der Waals surface area contributed by atoms with Gasteiger partial charge in [-0.05, 0) is 12.1 Å². The zero-order valence-corrected chi connectivity index (χ0v) is 16.1. The van der Waals surface area contributed by atoms with E-state index in [0.29, 0.717) is 30.4 Å². The van der Waals surface area contributed by atoms with E-state index in [0.717, 1.165) is 35.8 Å². The molecule has 0 spiro atoms. The molecule has 2 aliphatic rings. The van der Waals surface area contributed by atoms with Gasteiger partial charge in [0, 0.05) is 50.4 Å². The van der Waals surface area contributed by atoms with Crippen molar-refractivity contribution in [2.75, 3.05) is 37.9 Å². The molecule has 3 aromatic rings. The lowest BCUT2D eigenvalue weighted by atomic mass is 10.1. The molecule has 0 bridgehead atoms. The summed E-state index contributed by atoms with van der Waals surface area (Å²) in [7, 11) is 0. The molecule has 1 fully saturated rings. The first kappa shape index (κ1) is 17.6. The van der Waals surface area contributed by atoms with Crippen molar-refractivity contribution in [3.8, 4) is 22.8 Å². The Balaban J connectivity index is 1.31. The van der Waals surface area contributed by atoms with Gasteiger partial charge in [0.05, 0.1) is 0 Å². The predicted molar refractivity (Wildman–Crippen MR) is 107 cm³/mol. The highest BCUT2D eigenvalue weighted by atomic mass is 16.7. The zero-order valence-electron chi connectivity index (χ0n) is 16.1. The van der Waals surface area contributed by atoms with E-state index in [9.17, 15) is 4.79 Å². The van der Waals surface area contributed by atoms with E-state index in [2.05, 4.69) is 9.88 Å². The van der Waals surface area contributed by atoms with Crippen molar-refractivity contribution < 1.29 is 18.7 Å². The van der Waals surface area contributed by atoms with Crippen molar-refractivity contribution in [2.24, 2.45) is 0 Å². The number of carbonyl (C=O) groups excluding carboxylic acids is 1. The highest BCUT2D eigenvalue weighted by molar-refractivity contribution is 5.97. The van der Waals surface area contributed by atoms with Gasteiger partial charge in [-0.2, -0.15) is 0 Å². The first-order chi connectivity index (χ1) is 14.2. The largest absolute Gasteiger partial charge is 0.454 e. The van der Waals surface area contributed by atoms with Crippen LogP contribution in [0.25, 0.3) is 11.3 Å². The molecule has 0 radical (unpaired) electrons. The van der Waals surface area contributed by atoms with Gasteiger partial charge in [0.1, 0.15) is 5.69 Å². The summed E-state index contributed by atoms with van der Waals surface area (Å²) in [6.07, 6.45) is 0. The Morgan fingerprint density at radius 3 is 2.52 bits per heavy atom. The van der Waals surface area contributed by atoms with E-state index in [-0.39, 0.29) is 12.7 Å². The number of oxazole rings is 1. The van der Waals surface area contributed by atoms with E-state index >= 15 is 0 Å². The Morgan fingerprint density at radius 2 is 1.72 bits per heavy atom. The standard InChI is InChI=1S/C22H21N3O4/c1-15-23-20(16-5-3-2-4-6-16)21(29-15)22(26)25-11-9-24(10-12-25)17-7-8-18-19(13-17)28-14-27-18/h2-8,13H,9-12,14H2,1H3. The van der Waals surface area contributed by atoms with Crippen LogP contribution in [-0.4, -0.2) is 48.8 Å². The molecule has 0 aliphatic carbocycles. The molecule has 2 aliphatic heterocycles. The summed E-state index contributed by atoms with van der Waals surface area (Å²) in [4.78, 5) is 21.7. The fourth-order valence-corrected chi connectivity index (χ4v) is 3.76. The van der Waals surface area contributed by atoms with Gasteiger partial charge in [0.25, 0.3) is 5.91 Å². The molecule has 2 aromatic carbocycles. The molecule has 0 N–H and O–H groups in total. The molecule has 29 heavy (non-hydrogen) atoms. The predicted octanol–water partition coefficient (Wildman–Crippen LogP) is 3.34. The molecule has 5 rings (SSSR count). The second-order valence-electron chi connectivity index (χ2n) is 7.09. The number of aromatic nitrogens is 1. The average molecular weight is 391 g/mol. The molecule has 1 aromatic heterocycles. The number of fused-ring (bicyclic) bond motifs is 1. The summed E-state index contributed by atoms with van der Waals surface area (Å²) < 4.78 is 16.5. The SMILES string of the molecule is Cc1nc(-c2ccccc2)c(C(=O)N2CCN(c3ccc4c(c3)OCO4)CC2)o1. The van der Waals surface area contributed by atoms with Gasteiger partial charge in [0.15, 0.2) is 17.4 Å². The van der Waals surface area contributed by atoms with Crippen LogP contribution in [0.2, 0.25) is 0 Å². The summed E-state index contributed by atoms with van der Waals surface area (Å²) in [5.41, 5.74) is 2.56. The van der Waals surface area contributed by atoms with E-state index in [4.69, 9.17) is 13.9 Å². The Labute approximate surface area is 168 Å². The topological polar surface area (TPSA) is 68.0 Å². The lowest BCUT2D eigenvalue weighted by Gasteiger charge is -2.35. The summed E-state index contributed by atoms with van der Waals surface area (Å²) in [5, 5.41) is 0. The lowest BCUT2D eigenvalue weighted by molar-refractivity contribution is 0.0714. The normalized spacial score (nSPS) is 15.6. The van der Waals surface area contributed by atoms with Crippen LogP contribution in [0, 0.1) is 6.92 Å². The van der Waals surface area contributed by atoms with Crippen LogP contribution >= 0.6 is 0 Å². The number of carbonyl (C=O) groups is 1. The Kier molecular flexibility index (Phi) is 4.35. The highest BCUT2D eigenvalue weighted by Crippen LogP contribution is 2.35. The third-order valence-electron chi connectivity index (χ3n) is 5.26. The highest BCUT2D eigenvalue weighted by Gasteiger charge is 2.28. The maximum atomic E-state index is 13.1. The number of amides is 1. The molecule has 3 heterocycles. The second-order valence-corrected chi connectivity index (χ2v) is 7.09. The van der Waals surface area contributed by atoms with Gasteiger partial charge in [0.2, 0.25) is 12.6 Å². The van der Waals surface area contributed by atoms with Crippen molar-refractivity contribution in [3.05, 3.63) is 60.2 Å². The van der Waals surface area contributed by atoms with Gasteiger partial charge < -0.3 is 23.7 Å². The first-order valence-corrected chi connectivity index (χ1v) is 9.66. The fraction of sp³-hybridized carbons (Fsp3) is 0.273. The van der Waals surface area contributed by atoms with Gasteiger partial charge in [-0.15, -0.1) is 0 Å². The maximum Gasteiger partial charge on any atom is 0.292 e. The van der Waals surface area contributed by atoms with E-state index in [1.807, 2.05) is 53.4 Å². The number of aryl methyl sites for hydroxylation is 1. The summed E-state index contributed by atoms with van der Waals surface area (Å²) in [6.45, 7) is 4.73. The molecule has 0 unspecified atom stereocenters. The number of nitrogens with zero attached hydrogens (tertiary/aromatic N) is 3. The third kappa shape index (κ3) is 3.29. The molecular formula is C22H21N3O4. The van der Waals surface area contributed by atoms with E-state index < -0.39 is 0 Å². The number of hydrogen-bond donors (Lipinski definition) is 0. The number of benzene rings is 2. The Morgan fingerprint density at radius 1 is 0.966 bits per heavy atom. The summed E-state index contributed by atoms with van der Waals surface area (Å²) >= 11 is 0. The number of hydrogen-bond acceptors (Lipinski definition) is 6. The summed E-state index contributed by atoms with van der Waals surface area (Å²) in [5.74, 6) is 2.23. The number of ether oxygens (including phenoxy) is 2. The number of anilines is 1. The van der Waals surface area contributed by atoms with Crippen LogP contribution < -0.4 is 14.4 Å². The van der Waals surface area contributed by atoms with Crippen molar-refractivity contribution in [2.45, 2.75) is 6.92 Å². The van der Waals surface area contributed by atoms with Crippen molar-refractivity contribution in [3.63, 3.8) is 0 Å². The lowest BCUT2D eigenvalue weighted by Crippen LogP contribution is -2.48. The van der Waals surface area contributed by atoms with Crippen molar-refractivity contribution >= 4 is 11.6 Å². The number of piperazine rings is 1. The number of rotatable bonds is 3. The van der Waals surface area contributed by atoms with E-state index in [1.54, 1.807) is 6.92 Å². The van der Waals surface area contributed by atoms with Crippen LogP contribution in [-0.2, 0) is 0 Å². The van der Waals surface area contributed by atoms with E-state index in [1.165, 1.54) is 0 Å². The van der Waals surface area contributed by atoms with Crippen LogP contribution in [0.5, 0.6) is 11.5 Å². The molecule has 7 nitrogen and oxygen atoms in total. The smallest absolute Gasteiger partial charge is 0.292 e. The fourth-order valence-electron chi connectivity index (χ4n) is 3.76. The Bertz CT molecular complexity index is 1040. The minimum Gasteiger partial charge on any atom is -0.454 e. The van der Waals surface area contributed by atoms with Crippen LogP contribution in [0.15, 0.2) is 52.9 Å². The molecule has 1 saturated heterocycles. The molecule has 7 heteroatoms. The van der Waals surface area contributed by atoms with Crippen LogP contribution in [0.4, 0.5) is 5.69 Å². The Hall–Kier alpha value is -3.48.